The van der Waals surface area contributed by atoms with Crippen LogP contribution in [0.1, 0.15) is 40.0 Å². The van der Waals surface area contributed by atoms with Crippen LogP contribution in [0.15, 0.2) is 12.1 Å². The molecular weight excluding hydrogens is 214 g/mol. The van der Waals surface area contributed by atoms with Crippen molar-refractivity contribution in [3.05, 3.63) is 12.1 Å². The fourth-order valence-corrected chi connectivity index (χ4v) is 1.97. The Morgan fingerprint density at radius 1 is 1.24 bits per heavy atom. The summed E-state index contributed by atoms with van der Waals surface area (Å²) < 4.78 is 5.12. The largest absolute Gasteiger partial charge is 0.479 e. The van der Waals surface area contributed by atoms with Gasteiger partial charge in [0.25, 0.3) is 0 Å². The lowest BCUT2D eigenvalue weighted by molar-refractivity contribution is 0.396. The lowest BCUT2D eigenvalue weighted by Gasteiger charge is -2.32. The summed E-state index contributed by atoms with van der Waals surface area (Å²) in [6, 6.07) is 3.72. The van der Waals surface area contributed by atoms with Crippen LogP contribution < -0.4 is 15.8 Å². The molecule has 4 heteroatoms. The van der Waals surface area contributed by atoms with E-state index in [0.717, 1.165) is 25.1 Å². The second-order valence-corrected chi connectivity index (χ2v) is 4.26. The minimum atomic E-state index is 0.105. The molecule has 1 rings (SSSR count). The van der Waals surface area contributed by atoms with E-state index in [0.29, 0.717) is 11.6 Å². The van der Waals surface area contributed by atoms with Crippen molar-refractivity contribution in [2.75, 3.05) is 18.2 Å². The minimum absolute atomic E-state index is 0.105. The van der Waals surface area contributed by atoms with Crippen LogP contribution in [-0.4, -0.2) is 17.6 Å². The first kappa shape index (κ1) is 13.6. The lowest BCUT2D eigenvalue weighted by Crippen LogP contribution is -2.36. The molecule has 0 unspecified atom stereocenters. The third kappa shape index (κ3) is 3.02. The molecule has 17 heavy (non-hydrogen) atoms. The van der Waals surface area contributed by atoms with Crippen molar-refractivity contribution in [3.8, 4) is 5.88 Å². The monoisotopic (exact) mass is 237 g/mol. The molecule has 0 atom stereocenters. The molecule has 3 N–H and O–H groups in total. The summed E-state index contributed by atoms with van der Waals surface area (Å²) in [5.74, 6) is 1.30. The van der Waals surface area contributed by atoms with Crippen LogP contribution in [0, 0.1) is 0 Å². The van der Waals surface area contributed by atoms with E-state index in [2.05, 4.69) is 31.1 Å². The Bertz CT molecular complexity index is 353. The number of pyridine rings is 1. The Kier molecular flexibility index (Phi) is 4.61. The van der Waals surface area contributed by atoms with Crippen LogP contribution in [-0.2, 0) is 0 Å². The molecular formula is C13H23N3O. The quantitative estimate of drug-likeness (QED) is 0.798. The number of methoxy groups -OCH3 is 1. The maximum atomic E-state index is 5.75. The van der Waals surface area contributed by atoms with E-state index in [4.69, 9.17) is 10.5 Å². The topological polar surface area (TPSA) is 60.2 Å². The maximum absolute atomic E-state index is 5.75. The first-order valence-corrected chi connectivity index (χ1v) is 6.19. The predicted molar refractivity (Wildman–Crippen MR) is 72.4 cm³/mol. The zero-order valence-electron chi connectivity index (χ0n) is 11.2. The first-order valence-electron chi connectivity index (χ1n) is 6.19. The van der Waals surface area contributed by atoms with E-state index < -0.39 is 0 Å². The second kappa shape index (κ2) is 5.75. The van der Waals surface area contributed by atoms with Gasteiger partial charge >= 0.3 is 0 Å². The summed E-state index contributed by atoms with van der Waals surface area (Å²) in [7, 11) is 1.58. The van der Waals surface area contributed by atoms with Gasteiger partial charge in [0.2, 0.25) is 5.88 Å². The minimum Gasteiger partial charge on any atom is -0.479 e. The Morgan fingerprint density at radius 2 is 1.82 bits per heavy atom. The summed E-state index contributed by atoms with van der Waals surface area (Å²) in [6.45, 7) is 6.57. The van der Waals surface area contributed by atoms with Gasteiger partial charge in [0.05, 0.1) is 12.8 Å². The molecule has 0 saturated carbocycles. The molecule has 0 aliphatic carbocycles. The van der Waals surface area contributed by atoms with Crippen molar-refractivity contribution in [2.24, 2.45) is 0 Å². The maximum Gasteiger partial charge on any atom is 0.238 e. The van der Waals surface area contributed by atoms with Gasteiger partial charge in [-0.2, -0.15) is 4.98 Å². The molecule has 0 bridgehead atoms. The third-order valence-corrected chi connectivity index (χ3v) is 3.51. The van der Waals surface area contributed by atoms with Crippen LogP contribution >= 0.6 is 0 Å². The average molecular weight is 237 g/mol. The van der Waals surface area contributed by atoms with Gasteiger partial charge in [-0.15, -0.1) is 0 Å². The highest BCUT2D eigenvalue weighted by atomic mass is 16.5. The Morgan fingerprint density at radius 3 is 2.29 bits per heavy atom. The van der Waals surface area contributed by atoms with Gasteiger partial charge in [-0.25, -0.2) is 0 Å². The van der Waals surface area contributed by atoms with E-state index in [1.165, 1.54) is 0 Å². The number of nitrogens with zero attached hydrogens (tertiary/aromatic N) is 1. The van der Waals surface area contributed by atoms with Crippen molar-refractivity contribution in [1.29, 1.82) is 0 Å². The number of anilines is 2. The van der Waals surface area contributed by atoms with Gasteiger partial charge in [-0.3, -0.25) is 0 Å². The molecule has 0 spiro atoms. The number of nitrogens with one attached hydrogen (secondary N) is 1. The number of nitrogens with two attached hydrogens (primary N) is 1. The average Bonchev–Trinajstić information content (AvgIpc) is 2.38. The molecule has 0 aliphatic rings. The lowest BCUT2D eigenvalue weighted by atomic mass is 9.90. The molecule has 0 radical (unpaired) electrons. The van der Waals surface area contributed by atoms with Crippen molar-refractivity contribution in [1.82, 2.24) is 4.98 Å². The normalized spacial score (nSPS) is 11.3. The van der Waals surface area contributed by atoms with Gasteiger partial charge in [-0.05, 0) is 31.4 Å². The molecule has 1 aromatic heterocycles. The number of nitrogen functional groups attached to an aromatic ring is 1. The zero-order chi connectivity index (χ0) is 12.9. The van der Waals surface area contributed by atoms with Gasteiger partial charge in [0.15, 0.2) is 0 Å². The smallest absolute Gasteiger partial charge is 0.238 e. The van der Waals surface area contributed by atoms with Crippen molar-refractivity contribution in [2.45, 2.75) is 45.6 Å². The summed E-state index contributed by atoms with van der Waals surface area (Å²) in [4.78, 5) is 4.36. The van der Waals surface area contributed by atoms with Gasteiger partial charge in [0.1, 0.15) is 5.82 Å². The number of ether oxygens (including phenoxy) is 1. The van der Waals surface area contributed by atoms with Crippen molar-refractivity contribution >= 4 is 11.5 Å². The summed E-state index contributed by atoms with van der Waals surface area (Å²) in [6.07, 6.45) is 3.19. The molecule has 0 aromatic carbocycles. The van der Waals surface area contributed by atoms with E-state index in [-0.39, 0.29) is 5.54 Å². The molecule has 1 heterocycles. The van der Waals surface area contributed by atoms with Crippen LogP contribution in [0.25, 0.3) is 0 Å². The van der Waals surface area contributed by atoms with Gasteiger partial charge in [-0.1, -0.05) is 20.8 Å². The van der Waals surface area contributed by atoms with Gasteiger partial charge in [0, 0.05) is 5.54 Å². The van der Waals surface area contributed by atoms with E-state index in [1.807, 2.05) is 12.1 Å². The number of hydrogen-bond donors (Lipinski definition) is 2. The van der Waals surface area contributed by atoms with E-state index in [9.17, 15) is 0 Å². The van der Waals surface area contributed by atoms with Gasteiger partial charge < -0.3 is 15.8 Å². The third-order valence-electron chi connectivity index (χ3n) is 3.51. The highest BCUT2D eigenvalue weighted by molar-refractivity contribution is 5.54. The summed E-state index contributed by atoms with van der Waals surface area (Å²) in [5, 5.41) is 3.50. The fourth-order valence-electron chi connectivity index (χ4n) is 1.97. The van der Waals surface area contributed by atoms with Crippen molar-refractivity contribution in [3.63, 3.8) is 0 Å². The predicted octanol–water partition coefficient (Wildman–Crippen LogP) is 3.05. The molecule has 4 nitrogen and oxygen atoms in total. The molecule has 96 valence electrons. The Hall–Kier alpha value is -1.45. The summed E-state index contributed by atoms with van der Waals surface area (Å²) in [5.41, 5.74) is 6.41. The molecule has 0 fully saturated rings. The van der Waals surface area contributed by atoms with Crippen molar-refractivity contribution < 1.29 is 4.74 Å². The molecule has 0 aliphatic heterocycles. The SMILES string of the molecule is CCC(CC)(CC)Nc1ccc(N)c(OC)n1. The number of aromatic nitrogens is 1. The van der Waals surface area contributed by atoms with E-state index >= 15 is 0 Å². The summed E-state index contributed by atoms with van der Waals surface area (Å²) >= 11 is 0. The molecule has 1 aromatic rings. The van der Waals surface area contributed by atoms with E-state index in [1.54, 1.807) is 7.11 Å². The Labute approximate surface area is 104 Å². The first-order chi connectivity index (χ1) is 8.10. The highest BCUT2D eigenvalue weighted by Crippen LogP contribution is 2.27. The highest BCUT2D eigenvalue weighted by Gasteiger charge is 2.24. The van der Waals surface area contributed by atoms with Crippen LogP contribution in [0.3, 0.4) is 0 Å². The molecule has 0 saturated heterocycles. The number of rotatable bonds is 6. The molecule has 0 amide bonds. The van der Waals surface area contributed by atoms with Crippen LogP contribution in [0.2, 0.25) is 0 Å². The fraction of sp³-hybridized carbons (Fsp3) is 0.615. The zero-order valence-corrected chi connectivity index (χ0v) is 11.2. The van der Waals surface area contributed by atoms with Crippen LogP contribution in [0.4, 0.5) is 11.5 Å². The number of hydrogen-bond acceptors (Lipinski definition) is 4. The second-order valence-electron chi connectivity index (χ2n) is 4.26. The van der Waals surface area contributed by atoms with Crippen LogP contribution in [0.5, 0.6) is 5.88 Å². The Balaban J connectivity index is 2.94. The standard InChI is InChI=1S/C13H23N3O/c1-5-13(6-2,7-3)16-11-9-8-10(14)12(15-11)17-4/h8-9H,5-7,14H2,1-4H3,(H,15,16).